The highest BCUT2D eigenvalue weighted by Gasteiger charge is 2.61. The lowest BCUT2D eigenvalue weighted by Gasteiger charge is -2.56. The van der Waals surface area contributed by atoms with E-state index in [4.69, 9.17) is 9.47 Å². The predicted octanol–water partition coefficient (Wildman–Crippen LogP) is 3.95. The zero-order valence-corrected chi connectivity index (χ0v) is 16.1. The summed E-state index contributed by atoms with van der Waals surface area (Å²) in [5, 5.41) is 11.9. The molecule has 0 saturated carbocycles. The van der Waals surface area contributed by atoms with E-state index in [2.05, 4.69) is 0 Å². The highest BCUT2D eigenvalue weighted by molar-refractivity contribution is 5.72. The van der Waals surface area contributed by atoms with Crippen molar-refractivity contribution >= 4 is 11.9 Å². The molecule has 2 rings (SSSR count). The number of hydrogen-bond acceptors (Lipinski definition) is 6. The van der Waals surface area contributed by atoms with Crippen LogP contribution in [0, 0.1) is 0 Å². The van der Waals surface area contributed by atoms with Crippen LogP contribution in [0.25, 0.3) is 0 Å². The molecule has 1 N–H and O–H groups in total. The van der Waals surface area contributed by atoms with Gasteiger partial charge >= 0.3 is 11.9 Å². The van der Waals surface area contributed by atoms with Crippen LogP contribution in [0.2, 0.25) is 0 Å². The van der Waals surface area contributed by atoms with Crippen LogP contribution in [-0.4, -0.2) is 39.1 Å². The van der Waals surface area contributed by atoms with E-state index >= 15 is 0 Å². The van der Waals surface area contributed by atoms with E-state index < -0.39 is 16.9 Å². The first-order chi connectivity index (χ1) is 11.6. The molecule has 0 radical (unpaired) electrons. The summed E-state index contributed by atoms with van der Waals surface area (Å²) in [6, 6.07) is 0. The van der Waals surface area contributed by atoms with Gasteiger partial charge < -0.3 is 14.7 Å². The van der Waals surface area contributed by atoms with Crippen LogP contribution in [0.4, 0.5) is 0 Å². The summed E-state index contributed by atoms with van der Waals surface area (Å²) in [6.45, 7) is 7.36. The number of ether oxygens (including phenoxy) is 2. The van der Waals surface area contributed by atoms with Gasteiger partial charge in [0.1, 0.15) is 5.54 Å². The third kappa shape index (κ3) is 4.34. The van der Waals surface area contributed by atoms with Crippen LogP contribution in [0.5, 0.6) is 0 Å². The molecule has 2 aliphatic rings. The second kappa shape index (κ2) is 7.62. The van der Waals surface area contributed by atoms with Gasteiger partial charge in [-0.1, -0.05) is 25.7 Å². The standard InChI is InChI=1S/C19H33NO5/c1-17(2)13-14-19(18(3,4)20(17)23)24-15(21)11-9-7-5-6-8-10-12-16(22)25-19/h23H,5-14H2,1-4H3. The molecule has 0 aromatic heterocycles. The molecule has 0 amide bonds. The van der Waals surface area contributed by atoms with Crippen molar-refractivity contribution in [3.63, 3.8) is 0 Å². The van der Waals surface area contributed by atoms with Gasteiger partial charge in [-0.3, -0.25) is 9.59 Å². The molecular formula is C19H33NO5. The van der Waals surface area contributed by atoms with Gasteiger partial charge in [0.2, 0.25) is 0 Å². The van der Waals surface area contributed by atoms with Crippen LogP contribution < -0.4 is 0 Å². The van der Waals surface area contributed by atoms with Gasteiger partial charge in [0.15, 0.2) is 0 Å². The Hall–Kier alpha value is -1.14. The molecule has 2 fully saturated rings. The zero-order chi connectivity index (χ0) is 18.7. The van der Waals surface area contributed by atoms with E-state index in [0.29, 0.717) is 25.7 Å². The van der Waals surface area contributed by atoms with Gasteiger partial charge in [-0.15, -0.1) is 0 Å². The number of carbonyl (C=O) groups is 2. The fourth-order valence-electron chi connectivity index (χ4n) is 3.89. The highest BCUT2D eigenvalue weighted by Crippen LogP contribution is 2.46. The Morgan fingerprint density at radius 3 is 1.72 bits per heavy atom. The van der Waals surface area contributed by atoms with Crippen molar-refractivity contribution in [3.05, 3.63) is 0 Å². The second-order valence-corrected chi connectivity index (χ2v) is 8.51. The Labute approximate surface area is 150 Å². The molecule has 0 aromatic rings. The van der Waals surface area contributed by atoms with E-state index in [9.17, 15) is 14.8 Å². The number of esters is 2. The molecule has 2 saturated heterocycles. The molecule has 0 aromatic carbocycles. The molecule has 2 aliphatic heterocycles. The first kappa shape index (κ1) is 20.2. The van der Waals surface area contributed by atoms with Crippen molar-refractivity contribution in [1.82, 2.24) is 5.06 Å². The molecule has 25 heavy (non-hydrogen) atoms. The normalized spacial score (nSPS) is 28.2. The summed E-state index contributed by atoms with van der Waals surface area (Å²) < 4.78 is 11.5. The summed E-state index contributed by atoms with van der Waals surface area (Å²) >= 11 is 0. The van der Waals surface area contributed by atoms with E-state index in [1.807, 2.05) is 13.8 Å². The maximum absolute atomic E-state index is 12.4. The van der Waals surface area contributed by atoms with Crippen LogP contribution in [-0.2, 0) is 19.1 Å². The maximum Gasteiger partial charge on any atom is 0.309 e. The van der Waals surface area contributed by atoms with Crippen molar-refractivity contribution in [3.8, 4) is 0 Å². The third-order valence-corrected chi connectivity index (χ3v) is 5.67. The molecule has 2 heterocycles. The van der Waals surface area contributed by atoms with Crippen molar-refractivity contribution in [2.24, 2.45) is 0 Å². The SMILES string of the molecule is CC1(C)CCC2(OC(=O)CCCCCCCCC(=O)O2)C(C)(C)N1O. The number of carbonyl (C=O) groups excluding carboxylic acids is 2. The monoisotopic (exact) mass is 355 g/mol. The first-order valence-corrected chi connectivity index (χ1v) is 9.54. The number of hydrogen-bond donors (Lipinski definition) is 1. The molecule has 0 unspecified atom stereocenters. The average molecular weight is 355 g/mol. The molecule has 0 atom stereocenters. The minimum Gasteiger partial charge on any atom is -0.420 e. The van der Waals surface area contributed by atoms with Gasteiger partial charge in [-0.05, 0) is 47.0 Å². The zero-order valence-electron chi connectivity index (χ0n) is 16.1. The Bertz CT molecular complexity index is 476. The molecule has 6 nitrogen and oxygen atoms in total. The van der Waals surface area contributed by atoms with Gasteiger partial charge in [0.05, 0.1) is 0 Å². The van der Waals surface area contributed by atoms with Crippen molar-refractivity contribution in [2.75, 3.05) is 0 Å². The van der Waals surface area contributed by atoms with Crippen molar-refractivity contribution in [2.45, 2.75) is 109 Å². The molecular weight excluding hydrogens is 322 g/mol. The van der Waals surface area contributed by atoms with E-state index in [0.717, 1.165) is 38.5 Å². The number of piperidine rings is 1. The number of hydroxylamine groups is 2. The van der Waals surface area contributed by atoms with E-state index in [1.54, 1.807) is 13.8 Å². The predicted molar refractivity (Wildman–Crippen MR) is 92.9 cm³/mol. The number of rotatable bonds is 0. The van der Waals surface area contributed by atoms with Crippen molar-refractivity contribution < 1.29 is 24.3 Å². The Kier molecular flexibility index (Phi) is 6.15. The van der Waals surface area contributed by atoms with Gasteiger partial charge in [-0.2, -0.15) is 5.06 Å². The van der Waals surface area contributed by atoms with E-state index in [1.165, 1.54) is 5.06 Å². The van der Waals surface area contributed by atoms with Gasteiger partial charge in [0, 0.05) is 24.8 Å². The average Bonchev–Trinajstić information content (AvgIpc) is 2.53. The second-order valence-electron chi connectivity index (χ2n) is 8.51. The molecule has 0 bridgehead atoms. The third-order valence-electron chi connectivity index (χ3n) is 5.67. The Morgan fingerprint density at radius 2 is 1.24 bits per heavy atom. The molecule has 6 heteroatoms. The van der Waals surface area contributed by atoms with Gasteiger partial charge in [0.25, 0.3) is 5.79 Å². The fourth-order valence-corrected chi connectivity index (χ4v) is 3.89. The van der Waals surface area contributed by atoms with Gasteiger partial charge in [-0.25, -0.2) is 0 Å². The van der Waals surface area contributed by atoms with Crippen LogP contribution in [0.15, 0.2) is 0 Å². The van der Waals surface area contributed by atoms with Crippen LogP contribution in [0.1, 0.15) is 91.9 Å². The molecule has 0 aliphatic carbocycles. The summed E-state index contributed by atoms with van der Waals surface area (Å²) in [5.41, 5.74) is -1.53. The largest absolute Gasteiger partial charge is 0.420 e. The van der Waals surface area contributed by atoms with Crippen molar-refractivity contribution in [1.29, 1.82) is 0 Å². The Balaban J connectivity index is 2.30. The Morgan fingerprint density at radius 1 is 0.800 bits per heavy atom. The van der Waals surface area contributed by atoms with Crippen LogP contribution in [0.3, 0.4) is 0 Å². The summed E-state index contributed by atoms with van der Waals surface area (Å²) in [5.74, 6) is -2.19. The minimum atomic E-state index is -1.46. The van der Waals surface area contributed by atoms with Crippen LogP contribution >= 0.6 is 0 Å². The molecule has 144 valence electrons. The summed E-state index contributed by atoms with van der Waals surface area (Å²) in [6.07, 6.45) is 7.20. The van der Waals surface area contributed by atoms with E-state index in [-0.39, 0.29) is 11.9 Å². The quantitative estimate of drug-likeness (QED) is 0.663. The first-order valence-electron chi connectivity index (χ1n) is 9.54. The molecule has 1 spiro atoms. The smallest absolute Gasteiger partial charge is 0.309 e. The topological polar surface area (TPSA) is 76.1 Å². The summed E-state index contributed by atoms with van der Waals surface area (Å²) in [7, 11) is 0. The lowest BCUT2D eigenvalue weighted by molar-refractivity contribution is -0.358. The highest BCUT2D eigenvalue weighted by atomic mass is 16.7. The lowest BCUT2D eigenvalue weighted by Crippen LogP contribution is -2.71. The minimum absolute atomic E-state index is 0.310. The lowest BCUT2D eigenvalue weighted by atomic mass is 9.77. The fraction of sp³-hybridized carbons (Fsp3) is 0.895. The maximum atomic E-state index is 12.4. The summed E-state index contributed by atoms with van der Waals surface area (Å²) in [4.78, 5) is 24.8. The number of nitrogens with zero attached hydrogens (tertiary/aromatic N) is 1.